The van der Waals surface area contributed by atoms with Gasteiger partial charge >= 0.3 is 0 Å². The van der Waals surface area contributed by atoms with Crippen molar-refractivity contribution in [2.75, 3.05) is 0 Å². The summed E-state index contributed by atoms with van der Waals surface area (Å²) in [5.41, 5.74) is 2.92. The van der Waals surface area contributed by atoms with E-state index in [1.54, 1.807) is 0 Å². The van der Waals surface area contributed by atoms with Crippen LogP contribution in [0.15, 0.2) is 36.5 Å². The number of hydrogen-bond acceptors (Lipinski definition) is 0. The highest BCUT2D eigenvalue weighted by Gasteiger charge is 2.32. The molecule has 0 heterocycles. The van der Waals surface area contributed by atoms with Crippen LogP contribution in [0.3, 0.4) is 0 Å². The van der Waals surface area contributed by atoms with Crippen molar-refractivity contribution in [3.63, 3.8) is 0 Å². The van der Waals surface area contributed by atoms with Crippen molar-refractivity contribution in [1.29, 1.82) is 0 Å². The fourth-order valence-electron chi connectivity index (χ4n) is 3.34. The summed E-state index contributed by atoms with van der Waals surface area (Å²) in [7, 11) is 0. The highest BCUT2D eigenvalue weighted by Crippen LogP contribution is 2.44. The van der Waals surface area contributed by atoms with E-state index in [1.165, 1.54) is 43.3 Å². The van der Waals surface area contributed by atoms with Crippen LogP contribution < -0.4 is 0 Å². The Kier molecular flexibility index (Phi) is 3.14. The SMILES string of the molecule is C=CC1=C(C=C)CC2CC(C)CCC2C1. The van der Waals surface area contributed by atoms with Crippen molar-refractivity contribution in [2.24, 2.45) is 17.8 Å². The zero-order valence-corrected chi connectivity index (χ0v) is 9.84. The summed E-state index contributed by atoms with van der Waals surface area (Å²) in [5, 5.41) is 0. The van der Waals surface area contributed by atoms with Crippen LogP contribution in [0, 0.1) is 17.8 Å². The second-order valence-corrected chi connectivity index (χ2v) is 5.31. The first kappa shape index (κ1) is 10.7. The summed E-state index contributed by atoms with van der Waals surface area (Å²) in [6.45, 7) is 10.3. The van der Waals surface area contributed by atoms with Crippen molar-refractivity contribution < 1.29 is 0 Å². The summed E-state index contributed by atoms with van der Waals surface area (Å²) in [5.74, 6) is 2.78. The van der Waals surface area contributed by atoms with Gasteiger partial charge in [0.1, 0.15) is 0 Å². The lowest BCUT2D eigenvalue weighted by atomic mass is 9.66. The van der Waals surface area contributed by atoms with Crippen molar-refractivity contribution in [2.45, 2.75) is 39.0 Å². The summed E-state index contributed by atoms with van der Waals surface area (Å²) in [6, 6.07) is 0. The Balaban J connectivity index is 2.17. The van der Waals surface area contributed by atoms with Crippen LogP contribution in [0.2, 0.25) is 0 Å². The summed E-state index contributed by atoms with van der Waals surface area (Å²) >= 11 is 0. The van der Waals surface area contributed by atoms with Crippen molar-refractivity contribution in [3.05, 3.63) is 36.5 Å². The van der Waals surface area contributed by atoms with E-state index in [0.717, 1.165) is 17.8 Å². The molecule has 0 saturated heterocycles. The molecule has 2 rings (SSSR count). The molecule has 0 spiro atoms. The van der Waals surface area contributed by atoms with E-state index >= 15 is 0 Å². The minimum atomic E-state index is 0.922. The molecule has 0 aliphatic heterocycles. The zero-order valence-electron chi connectivity index (χ0n) is 9.84. The Morgan fingerprint density at radius 3 is 2.20 bits per heavy atom. The third kappa shape index (κ3) is 2.09. The smallest absolute Gasteiger partial charge is 0.0245 e. The third-order valence-electron chi connectivity index (χ3n) is 4.27. The van der Waals surface area contributed by atoms with Crippen molar-refractivity contribution in [1.82, 2.24) is 0 Å². The molecule has 0 amide bonds. The van der Waals surface area contributed by atoms with E-state index in [9.17, 15) is 0 Å². The Morgan fingerprint density at radius 1 is 1.00 bits per heavy atom. The average molecular weight is 202 g/mol. The van der Waals surface area contributed by atoms with Crippen LogP contribution in [0.4, 0.5) is 0 Å². The van der Waals surface area contributed by atoms with Crippen molar-refractivity contribution >= 4 is 0 Å². The Labute approximate surface area is 93.8 Å². The van der Waals surface area contributed by atoms with Crippen LogP contribution >= 0.6 is 0 Å². The lowest BCUT2D eigenvalue weighted by Crippen LogP contribution is -2.27. The second-order valence-electron chi connectivity index (χ2n) is 5.31. The molecule has 3 atom stereocenters. The molecule has 1 fully saturated rings. The van der Waals surface area contributed by atoms with Gasteiger partial charge in [0.2, 0.25) is 0 Å². The fraction of sp³-hybridized carbons (Fsp3) is 0.600. The van der Waals surface area contributed by atoms with Gasteiger partial charge in [0.05, 0.1) is 0 Å². The predicted octanol–water partition coefficient (Wildman–Crippen LogP) is 4.50. The van der Waals surface area contributed by atoms with E-state index in [4.69, 9.17) is 0 Å². The van der Waals surface area contributed by atoms with Gasteiger partial charge in [-0.05, 0) is 54.6 Å². The van der Waals surface area contributed by atoms with Crippen LogP contribution in [-0.2, 0) is 0 Å². The molecule has 0 N–H and O–H groups in total. The highest BCUT2D eigenvalue weighted by atomic mass is 14.4. The van der Waals surface area contributed by atoms with Crippen LogP contribution in [-0.4, -0.2) is 0 Å². The number of hydrogen-bond donors (Lipinski definition) is 0. The zero-order chi connectivity index (χ0) is 10.8. The summed E-state index contributed by atoms with van der Waals surface area (Å²) in [6.07, 6.45) is 10.9. The first-order valence-corrected chi connectivity index (χ1v) is 6.21. The van der Waals surface area contributed by atoms with E-state index in [-0.39, 0.29) is 0 Å². The Morgan fingerprint density at radius 2 is 1.60 bits per heavy atom. The first-order chi connectivity index (χ1) is 7.24. The lowest BCUT2D eigenvalue weighted by molar-refractivity contribution is 0.179. The molecule has 1 saturated carbocycles. The topological polar surface area (TPSA) is 0 Å². The molecule has 0 bridgehead atoms. The molecule has 15 heavy (non-hydrogen) atoms. The average Bonchev–Trinajstić information content (AvgIpc) is 2.27. The van der Waals surface area contributed by atoms with E-state index in [2.05, 4.69) is 20.1 Å². The monoisotopic (exact) mass is 202 g/mol. The molecular weight excluding hydrogens is 180 g/mol. The van der Waals surface area contributed by atoms with Crippen LogP contribution in [0.5, 0.6) is 0 Å². The summed E-state index contributed by atoms with van der Waals surface area (Å²) < 4.78 is 0. The molecule has 0 heteroatoms. The van der Waals surface area contributed by atoms with Gasteiger partial charge < -0.3 is 0 Å². The molecule has 0 nitrogen and oxygen atoms in total. The van der Waals surface area contributed by atoms with Gasteiger partial charge in [-0.25, -0.2) is 0 Å². The van der Waals surface area contributed by atoms with Gasteiger partial charge in [0, 0.05) is 0 Å². The third-order valence-corrected chi connectivity index (χ3v) is 4.27. The molecule has 2 aliphatic carbocycles. The predicted molar refractivity (Wildman–Crippen MR) is 66.6 cm³/mol. The molecule has 0 radical (unpaired) electrons. The van der Waals surface area contributed by atoms with Gasteiger partial charge in [0.25, 0.3) is 0 Å². The molecule has 2 aliphatic rings. The minimum absolute atomic E-state index is 0.922. The van der Waals surface area contributed by atoms with Gasteiger partial charge in [-0.2, -0.15) is 0 Å². The highest BCUT2D eigenvalue weighted by molar-refractivity contribution is 5.34. The Hall–Kier alpha value is -0.780. The van der Waals surface area contributed by atoms with Crippen molar-refractivity contribution in [3.8, 4) is 0 Å². The van der Waals surface area contributed by atoms with Gasteiger partial charge in [-0.3, -0.25) is 0 Å². The number of rotatable bonds is 2. The van der Waals surface area contributed by atoms with E-state index < -0.39 is 0 Å². The molecule has 0 aromatic heterocycles. The molecule has 0 aromatic carbocycles. The van der Waals surface area contributed by atoms with Gasteiger partial charge in [-0.1, -0.05) is 38.7 Å². The largest absolute Gasteiger partial charge is 0.0988 e. The van der Waals surface area contributed by atoms with E-state index in [0.29, 0.717) is 0 Å². The molecular formula is C15H22. The maximum Gasteiger partial charge on any atom is -0.0245 e. The fourth-order valence-corrected chi connectivity index (χ4v) is 3.34. The van der Waals surface area contributed by atoms with E-state index in [1.807, 2.05) is 12.2 Å². The maximum atomic E-state index is 3.93. The number of allylic oxidation sites excluding steroid dienone is 4. The first-order valence-electron chi connectivity index (χ1n) is 6.21. The quantitative estimate of drug-likeness (QED) is 0.618. The van der Waals surface area contributed by atoms with Crippen LogP contribution in [0.1, 0.15) is 39.0 Å². The van der Waals surface area contributed by atoms with Crippen LogP contribution in [0.25, 0.3) is 0 Å². The summed E-state index contributed by atoms with van der Waals surface area (Å²) in [4.78, 5) is 0. The molecule has 0 aromatic rings. The molecule has 82 valence electrons. The van der Waals surface area contributed by atoms with Gasteiger partial charge in [0.15, 0.2) is 0 Å². The Bertz CT molecular complexity index is 295. The van der Waals surface area contributed by atoms with Gasteiger partial charge in [-0.15, -0.1) is 0 Å². The normalized spacial score (nSPS) is 35.9. The lowest BCUT2D eigenvalue weighted by Gasteiger charge is -2.39. The maximum absolute atomic E-state index is 3.93. The minimum Gasteiger partial charge on any atom is -0.0988 e. The number of fused-ring (bicyclic) bond motifs is 1. The standard InChI is InChI=1S/C15H22/c1-4-12-9-14-7-6-11(3)8-15(14)10-13(12)5-2/h4-5,11,14-15H,1-2,6-10H2,3H3. The second kappa shape index (κ2) is 4.38. The molecule has 3 unspecified atom stereocenters.